The van der Waals surface area contributed by atoms with Crippen LogP contribution in [0.2, 0.25) is 0 Å². The maximum atomic E-state index is 8.68. The first-order chi connectivity index (χ1) is 8.20. The van der Waals surface area contributed by atoms with E-state index >= 15 is 0 Å². The van der Waals surface area contributed by atoms with Gasteiger partial charge in [0, 0.05) is 13.1 Å². The van der Waals surface area contributed by atoms with Crippen molar-refractivity contribution in [2.45, 2.75) is 13.1 Å². The lowest BCUT2D eigenvalue weighted by atomic mass is 10.1. The van der Waals surface area contributed by atoms with Gasteiger partial charge in [0.1, 0.15) is 6.07 Å². The first kappa shape index (κ1) is 11.1. The summed E-state index contributed by atoms with van der Waals surface area (Å²) >= 11 is 0. The number of nitrogens with zero attached hydrogens (tertiary/aromatic N) is 2. The van der Waals surface area contributed by atoms with E-state index in [1.54, 1.807) is 6.07 Å². The standard InChI is InChI=1S/C11H12N6/c12-4-10(11(13)14)17-16-9-2-1-7-5-15-6-8(7)3-9/h1-3,15-16H,5-6H2,(H3,13,14)/b17-10+. The van der Waals surface area contributed by atoms with E-state index < -0.39 is 0 Å². The second kappa shape index (κ2) is 4.63. The lowest BCUT2D eigenvalue weighted by Gasteiger charge is -2.03. The first-order valence-electron chi connectivity index (χ1n) is 5.11. The molecular weight excluding hydrogens is 216 g/mol. The second-order valence-corrected chi connectivity index (χ2v) is 3.68. The number of amidine groups is 1. The molecule has 0 aliphatic carbocycles. The minimum absolute atomic E-state index is 0.122. The molecule has 0 unspecified atom stereocenters. The summed E-state index contributed by atoms with van der Waals surface area (Å²) in [7, 11) is 0. The first-order valence-corrected chi connectivity index (χ1v) is 5.11. The van der Waals surface area contributed by atoms with Crippen LogP contribution in [0.5, 0.6) is 0 Å². The van der Waals surface area contributed by atoms with E-state index in [2.05, 4.69) is 15.8 Å². The number of nitrogens with one attached hydrogen (secondary N) is 3. The van der Waals surface area contributed by atoms with E-state index in [-0.39, 0.29) is 11.5 Å². The number of hydrogen-bond donors (Lipinski definition) is 4. The maximum absolute atomic E-state index is 8.68. The Hall–Kier alpha value is -2.39. The molecule has 1 aliphatic rings. The summed E-state index contributed by atoms with van der Waals surface area (Å²) in [6.45, 7) is 1.72. The van der Waals surface area contributed by atoms with Gasteiger partial charge >= 0.3 is 0 Å². The van der Waals surface area contributed by atoms with Gasteiger partial charge < -0.3 is 11.1 Å². The van der Waals surface area contributed by atoms with Crippen molar-refractivity contribution < 1.29 is 0 Å². The molecule has 1 aromatic carbocycles. The molecule has 0 amide bonds. The van der Waals surface area contributed by atoms with Crippen LogP contribution in [0, 0.1) is 16.7 Å². The summed E-state index contributed by atoms with van der Waals surface area (Å²) in [5.74, 6) is -0.345. The van der Waals surface area contributed by atoms with Crippen LogP contribution in [-0.4, -0.2) is 11.5 Å². The molecule has 1 aliphatic heterocycles. The van der Waals surface area contributed by atoms with Crippen molar-refractivity contribution in [3.8, 4) is 6.07 Å². The minimum Gasteiger partial charge on any atom is -0.382 e. The Labute approximate surface area is 98.6 Å². The third-order valence-corrected chi connectivity index (χ3v) is 2.49. The van der Waals surface area contributed by atoms with E-state index in [0.717, 1.165) is 18.8 Å². The molecule has 6 nitrogen and oxygen atoms in total. The number of anilines is 1. The van der Waals surface area contributed by atoms with Crippen LogP contribution < -0.4 is 16.5 Å². The Morgan fingerprint density at radius 3 is 2.94 bits per heavy atom. The average molecular weight is 228 g/mol. The molecule has 0 saturated heterocycles. The van der Waals surface area contributed by atoms with Gasteiger partial charge in [-0.25, -0.2) is 0 Å². The molecule has 5 N–H and O–H groups in total. The highest BCUT2D eigenvalue weighted by Crippen LogP contribution is 2.19. The van der Waals surface area contributed by atoms with Crippen LogP contribution >= 0.6 is 0 Å². The summed E-state index contributed by atoms with van der Waals surface area (Å²) in [6.07, 6.45) is 0. The smallest absolute Gasteiger partial charge is 0.201 e. The average Bonchev–Trinajstić information content (AvgIpc) is 2.76. The highest BCUT2D eigenvalue weighted by molar-refractivity contribution is 6.45. The van der Waals surface area contributed by atoms with Crippen LogP contribution in [0.4, 0.5) is 5.69 Å². The number of nitriles is 1. The van der Waals surface area contributed by atoms with Gasteiger partial charge in [0.15, 0.2) is 5.84 Å². The second-order valence-electron chi connectivity index (χ2n) is 3.68. The van der Waals surface area contributed by atoms with Crippen molar-refractivity contribution in [1.29, 1.82) is 10.7 Å². The fourth-order valence-electron chi connectivity index (χ4n) is 1.63. The lowest BCUT2D eigenvalue weighted by Crippen LogP contribution is -2.21. The van der Waals surface area contributed by atoms with E-state index in [1.807, 2.05) is 18.2 Å². The van der Waals surface area contributed by atoms with Gasteiger partial charge in [-0.15, -0.1) is 0 Å². The predicted molar refractivity (Wildman–Crippen MR) is 65.6 cm³/mol. The molecule has 17 heavy (non-hydrogen) atoms. The molecule has 0 saturated carbocycles. The summed E-state index contributed by atoms with van der Waals surface area (Å²) in [6, 6.07) is 7.60. The fourth-order valence-corrected chi connectivity index (χ4v) is 1.63. The number of hydrazone groups is 1. The zero-order valence-corrected chi connectivity index (χ0v) is 9.12. The molecule has 0 fully saturated rings. The van der Waals surface area contributed by atoms with Crippen LogP contribution in [0.25, 0.3) is 0 Å². The monoisotopic (exact) mass is 228 g/mol. The van der Waals surface area contributed by atoms with Gasteiger partial charge in [-0.05, 0) is 23.3 Å². The number of fused-ring (bicyclic) bond motifs is 1. The minimum atomic E-state index is -0.345. The van der Waals surface area contributed by atoms with Crippen molar-refractivity contribution in [3.63, 3.8) is 0 Å². The Morgan fingerprint density at radius 1 is 1.47 bits per heavy atom. The van der Waals surface area contributed by atoms with E-state index in [1.165, 1.54) is 11.1 Å². The predicted octanol–water partition coefficient (Wildman–Crippen LogP) is 0.517. The summed E-state index contributed by atoms with van der Waals surface area (Å²) in [4.78, 5) is 0. The third-order valence-electron chi connectivity index (χ3n) is 2.49. The number of benzene rings is 1. The van der Waals surface area contributed by atoms with Crippen molar-refractivity contribution in [2.75, 3.05) is 5.43 Å². The number of nitrogens with two attached hydrogens (primary N) is 1. The SMILES string of the molecule is N#C/C(=N\Nc1ccc2c(c1)CNC2)C(=N)N. The fraction of sp³-hybridized carbons (Fsp3) is 0.182. The molecule has 86 valence electrons. The third kappa shape index (κ3) is 2.41. The molecular formula is C11H12N6. The topological polar surface area (TPSA) is 110 Å². The van der Waals surface area contributed by atoms with Gasteiger partial charge in [0.25, 0.3) is 0 Å². The van der Waals surface area contributed by atoms with Crippen LogP contribution in [0.1, 0.15) is 11.1 Å². The van der Waals surface area contributed by atoms with Gasteiger partial charge in [0.05, 0.1) is 5.69 Å². The van der Waals surface area contributed by atoms with E-state index in [9.17, 15) is 0 Å². The quantitative estimate of drug-likeness (QED) is 0.343. The van der Waals surface area contributed by atoms with Crippen molar-refractivity contribution >= 4 is 17.2 Å². The molecule has 0 bridgehead atoms. The Kier molecular flexibility index (Phi) is 3.03. The van der Waals surface area contributed by atoms with Gasteiger partial charge in [0.2, 0.25) is 5.71 Å². The Balaban J connectivity index is 2.15. The Morgan fingerprint density at radius 2 is 2.24 bits per heavy atom. The Bertz CT molecular complexity index is 525. The normalized spacial score (nSPS) is 13.9. The highest BCUT2D eigenvalue weighted by Gasteiger charge is 2.09. The highest BCUT2D eigenvalue weighted by atomic mass is 15.3. The molecule has 0 atom stereocenters. The maximum Gasteiger partial charge on any atom is 0.201 e. The molecule has 0 spiro atoms. The molecule has 0 aromatic heterocycles. The molecule has 1 heterocycles. The van der Waals surface area contributed by atoms with Crippen molar-refractivity contribution in [2.24, 2.45) is 10.8 Å². The summed E-state index contributed by atoms with van der Waals surface area (Å²) in [5.41, 5.74) is 11.0. The molecule has 6 heteroatoms. The van der Waals surface area contributed by atoms with Crippen molar-refractivity contribution in [1.82, 2.24) is 5.32 Å². The summed E-state index contributed by atoms with van der Waals surface area (Å²) in [5, 5.41) is 22.8. The zero-order chi connectivity index (χ0) is 12.3. The van der Waals surface area contributed by atoms with Crippen LogP contribution in [0.3, 0.4) is 0 Å². The van der Waals surface area contributed by atoms with Gasteiger partial charge in [-0.2, -0.15) is 10.4 Å². The summed E-state index contributed by atoms with van der Waals surface area (Å²) < 4.78 is 0. The van der Waals surface area contributed by atoms with E-state index in [4.69, 9.17) is 16.4 Å². The molecule has 1 aromatic rings. The van der Waals surface area contributed by atoms with E-state index in [0.29, 0.717) is 0 Å². The van der Waals surface area contributed by atoms with Gasteiger partial charge in [-0.1, -0.05) is 6.07 Å². The van der Waals surface area contributed by atoms with Crippen molar-refractivity contribution in [3.05, 3.63) is 29.3 Å². The number of hydrogen-bond acceptors (Lipinski definition) is 5. The number of rotatable bonds is 3. The molecule has 2 rings (SSSR count). The zero-order valence-electron chi connectivity index (χ0n) is 9.12. The lowest BCUT2D eigenvalue weighted by molar-refractivity contribution is 0.765. The van der Waals surface area contributed by atoms with Crippen LogP contribution in [-0.2, 0) is 13.1 Å². The molecule has 0 radical (unpaired) electrons. The largest absolute Gasteiger partial charge is 0.382 e. The van der Waals surface area contributed by atoms with Gasteiger partial charge in [-0.3, -0.25) is 10.8 Å². The van der Waals surface area contributed by atoms with Crippen LogP contribution in [0.15, 0.2) is 23.3 Å².